The standard InChI is InChI=1S/C17H19NO4S/c1-11(10-20-2)18-17(19)16-6-5-15(23-16)12-3-4-13-14(9-12)22-8-7-21-13/h3-6,9,11H,7-8,10H2,1-2H3,(H,18,19). The Balaban J connectivity index is 1.75. The fourth-order valence-corrected chi connectivity index (χ4v) is 3.30. The molecule has 122 valence electrons. The molecule has 23 heavy (non-hydrogen) atoms. The number of methoxy groups -OCH3 is 1. The fourth-order valence-electron chi connectivity index (χ4n) is 2.40. The number of amides is 1. The topological polar surface area (TPSA) is 56.8 Å². The first-order chi connectivity index (χ1) is 11.2. The number of ether oxygens (including phenoxy) is 3. The maximum atomic E-state index is 12.2. The average Bonchev–Trinajstić information content (AvgIpc) is 3.04. The fraction of sp³-hybridized carbons (Fsp3) is 0.353. The molecule has 0 radical (unpaired) electrons. The summed E-state index contributed by atoms with van der Waals surface area (Å²) in [5, 5.41) is 2.91. The minimum atomic E-state index is -0.0802. The van der Waals surface area contributed by atoms with Crippen molar-refractivity contribution < 1.29 is 19.0 Å². The van der Waals surface area contributed by atoms with Crippen LogP contribution in [0.5, 0.6) is 11.5 Å². The van der Waals surface area contributed by atoms with E-state index in [0.717, 1.165) is 21.9 Å². The highest BCUT2D eigenvalue weighted by Crippen LogP contribution is 2.36. The average molecular weight is 333 g/mol. The van der Waals surface area contributed by atoms with E-state index in [9.17, 15) is 4.79 Å². The maximum Gasteiger partial charge on any atom is 0.261 e. The van der Waals surface area contributed by atoms with E-state index in [0.29, 0.717) is 24.7 Å². The molecular formula is C17H19NO4S. The van der Waals surface area contributed by atoms with Crippen LogP contribution in [-0.4, -0.2) is 38.9 Å². The van der Waals surface area contributed by atoms with Gasteiger partial charge in [0.25, 0.3) is 5.91 Å². The molecule has 5 nitrogen and oxygen atoms in total. The minimum absolute atomic E-state index is 0.0210. The third-order valence-electron chi connectivity index (χ3n) is 3.45. The summed E-state index contributed by atoms with van der Waals surface area (Å²) in [5.74, 6) is 1.44. The summed E-state index contributed by atoms with van der Waals surface area (Å²) in [6.07, 6.45) is 0. The second-order valence-electron chi connectivity index (χ2n) is 5.35. The lowest BCUT2D eigenvalue weighted by atomic mass is 10.1. The molecule has 2 heterocycles. The highest BCUT2D eigenvalue weighted by Gasteiger charge is 2.16. The number of benzene rings is 1. The van der Waals surface area contributed by atoms with Gasteiger partial charge in [0.2, 0.25) is 0 Å². The van der Waals surface area contributed by atoms with Gasteiger partial charge in [0.15, 0.2) is 11.5 Å². The summed E-state index contributed by atoms with van der Waals surface area (Å²) in [7, 11) is 1.62. The molecule has 0 aliphatic carbocycles. The molecule has 0 spiro atoms. The van der Waals surface area contributed by atoms with Crippen molar-refractivity contribution in [2.75, 3.05) is 26.9 Å². The molecule has 1 amide bonds. The molecule has 1 aromatic carbocycles. The Morgan fingerprint density at radius 1 is 1.26 bits per heavy atom. The number of rotatable bonds is 5. The minimum Gasteiger partial charge on any atom is -0.486 e. The van der Waals surface area contributed by atoms with Gasteiger partial charge in [-0.1, -0.05) is 0 Å². The van der Waals surface area contributed by atoms with Crippen LogP contribution in [-0.2, 0) is 4.74 Å². The van der Waals surface area contributed by atoms with Crippen LogP contribution in [0.4, 0.5) is 0 Å². The van der Waals surface area contributed by atoms with Crippen LogP contribution in [0.1, 0.15) is 16.6 Å². The van der Waals surface area contributed by atoms with E-state index in [1.165, 1.54) is 11.3 Å². The molecular weight excluding hydrogens is 314 g/mol. The Kier molecular flexibility index (Phi) is 4.83. The summed E-state index contributed by atoms with van der Waals surface area (Å²) in [4.78, 5) is 13.9. The van der Waals surface area contributed by atoms with Gasteiger partial charge in [0.1, 0.15) is 13.2 Å². The van der Waals surface area contributed by atoms with Gasteiger partial charge >= 0.3 is 0 Å². The first-order valence-electron chi connectivity index (χ1n) is 7.47. The van der Waals surface area contributed by atoms with Crippen molar-refractivity contribution in [2.45, 2.75) is 13.0 Å². The zero-order chi connectivity index (χ0) is 16.2. The normalized spacial score (nSPS) is 14.3. The number of nitrogens with one attached hydrogen (secondary N) is 1. The van der Waals surface area contributed by atoms with Crippen LogP contribution in [0.15, 0.2) is 30.3 Å². The van der Waals surface area contributed by atoms with Crippen molar-refractivity contribution in [2.24, 2.45) is 0 Å². The van der Waals surface area contributed by atoms with E-state index in [2.05, 4.69) is 5.32 Å². The lowest BCUT2D eigenvalue weighted by Crippen LogP contribution is -2.35. The Labute approximate surface area is 139 Å². The van der Waals surface area contributed by atoms with Crippen molar-refractivity contribution in [1.82, 2.24) is 5.32 Å². The van der Waals surface area contributed by atoms with Crippen molar-refractivity contribution in [3.05, 3.63) is 35.2 Å². The summed E-state index contributed by atoms with van der Waals surface area (Å²) < 4.78 is 16.2. The van der Waals surface area contributed by atoms with E-state index in [1.54, 1.807) is 7.11 Å². The lowest BCUT2D eigenvalue weighted by Gasteiger charge is -2.18. The maximum absolute atomic E-state index is 12.2. The summed E-state index contributed by atoms with van der Waals surface area (Å²) in [5.41, 5.74) is 1.02. The third-order valence-corrected chi connectivity index (χ3v) is 4.58. The molecule has 1 aromatic heterocycles. The smallest absolute Gasteiger partial charge is 0.261 e. The zero-order valence-corrected chi connectivity index (χ0v) is 13.9. The predicted molar refractivity (Wildman–Crippen MR) is 89.5 cm³/mol. The summed E-state index contributed by atoms with van der Waals surface area (Å²) in [6.45, 7) is 3.55. The number of hydrogen-bond donors (Lipinski definition) is 1. The molecule has 0 fully saturated rings. The van der Waals surface area contributed by atoms with Gasteiger partial charge in [-0.25, -0.2) is 0 Å². The Morgan fingerprint density at radius 3 is 2.83 bits per heavy atom. The van der Waals surface area contributed by atoms with Gasteiger partial charge in [-0.3, -0.25) is 4.79 Å². The Hall–Kier alpha value is -2.05. The summed E-state index contributed by atoms with van der Waals surface area (Å²) >= 11 is 1.46. The largest absolute Gasteiger partial charge is 0.486 e. The molecule has 3 rings (SSSR count). The van der Waals surface area contributed by atoms with Crippen LogP contribution >= 0.6 is 11.3 Å². The van der Waals surface area contributed by atoms with E-state index >= 15 is 0 Å². The van der Waals surface area contributed by atoms with Crippen LogP contribution in [0, 0.1) is 0 Å². The predicted octanol–water partition coefficient (Wildman–Crippen LogP) is 2.95. The molecule has 0 bridgehead atoms. The zero-order valence-electron chi connectivity index (χ0n) is 13.1. The van der Waals surface area contributed by atoms with Crippen molar-refractivity contribution >= 4 is 17.2 Å². The molecule has 1 aliphatic rings. The highest BCUT2D eigenvalue weighted by molar-refractivity contribution is 7.17. The summed E-state index contributed by atoms with van der Waals surface area (Å²) in [6, 6.07) is 9.61. The second-order valence-corrected chi connectivity index (χ2v) is 6.44. The molecule has 0 saturated heterocycles. The number of thiophene rings is 1. The van der Waals surface area contributed by atoms with Crippen molar-refractivity contribution in [3.8, 4) is 21.9 Å². The first-order valence-corrected chi connectivity index (χ1v) is 8.28. The molecule has 1 aliphatic heterocycles. The monoisotopic (exact) mass is 333 g/mol. The second kappa shape index (κ2) is 7.02. The van der Waals surface area contributed by atoms with E-state index in [4.69, 9.17) is 14.2 Å². The number of carbonyl (C=O) groups is 1. The van der Waals surface area contributed by atoms with E-state index < -0.39 is 0 Å². The molecule has 2 aromatic rings. The molecule has 1 N–H and O–H groups in total. The van der Waals surface area contributed by atoms with Crippen LogP contribution in [0.2, 0.25) is 0 Å². The van der Waals surface area contributed by atoms with Gasteiger partial charge < -0.3 is 19.5 Å². The van der Waals surface area contributed by atoms with E-state index in [-0.39, 0.29) is 11.9 Å². The van der Waals surface area contributed by atoms with Crippen molar-refractivity contribution in [1.29, 1.82) is 0 Å². The number of fused-ring (bicyclic) bond motifs is 1. The third kappa shape index (κ3) is 3.65. The SMILES string of the molecule is COCC(C)NC(=O)c1ccc(-c2ccc3c(c2)OCCO3)s1. The Morgan fingerprint density at radius 2 is 2.04 bits per heavy atom. The van der Waals surface area contributed by atoms with Gasteiger partial charge in [-0.15, -0.1) is 11.3 Å². The van der Waals surface area contributed by atoms with Gasteiger partial charge in [0.05, 0.1) is 11.5 Å². The number of hydrogen-bond acceptors (Lipinski definition) is 5. The van der Waals surface area contributed by atoms with E-state index in [1.807, 2.05) is 37.3 Å². The van der Waals surface area contributed by atoms with Crippen LogP contribution in [0.25, 0.3) is 10.4 Å². The number of carbonyl (C=O) groups excluding carboxylic acids is 1. The highest BCUT2D eigenvalue weighted by atomic mass is 32.1. The van der Waals surface area contributed by atoms with Crippen LogP contribution < -0.4 is 14.8 Å². The first kappa shape index (κ1) is 15.8. The molecule has 1 atom stereocenters. The van der Waals surface area contributed by atoms with Gasteiger partial charge in [0, 0.05) is 18.0 Å². The quantitative estimate of drug-likeness (QED) is 0.914. The lowest BCUT2D eigenvalue weighted by molar-refractivity contribution is 0.0909. The molecule has 6 heteroatoms. The molecule has 0 saturated carbocycles. The van der Waals surface area contributed by atoms with Crippen LogP contribution in [0.3, 0.4) is 0 Å². The van der Waals surface area contributed by atoms with Gasteiger partial charge in [-0.2, -0.15) is 0 Å². The van der Waals surface area contributed by atoms with Crippen molar-refractivity contribution in [3.63, 3.8) is 0 Å². The van der Waals surface area contributed by atoms with Gasteiger partial charge in [-0.05, 0) is 42.8 Å². The molecule has 1 unspecified atom stereocenters. The Bertz CT molecular complexity index is 698.